The number of hydrogen-bond acceptors (Lipinski definition) is 1. The van der Waals surface area contributed by atoms with Gasteiger partial charge in [0.25, 0.3) is 0 Å². The minimum absolute atomic E-state index is 0.521. The largest absolute Gasteiger partial charge is 0.456 e. The summed E-state index contributed by atoms with van der Waals surface area (Å²) in [5.74, 6) is 0.521. The van der Waals surface area contributed by atoms with Crippen LogP contribution in [0.4, 0.5) is 0 Å². The molecule has 2 heteroatoms. The third-order valence-electron chi connectivity index (χ3n) is 2.60. The van der Waals surface area contributed by atoms with E-state index in [1.807, 2.05) is 30.3 Å². The van der Waals surface area contributed by atoms with Crippen molar-refractivity contribution < 1.29 is 4.42 Å². The molecule has 0 aliphatic carbocycles. The van der Waals surface area contributed by atoms with Crippen LogP contribution in [0.5, 0.6) is 0 Å². The number of hydrogen-bond donors (Lipinski definition) is 0. The van der Waals surface area contributed by atoms with Crippen LogP contribution in [-0.4, -0.2) is 0 Å². The van der Waals surface area contributed by atoms with E-state index < -0.39 is 0 Å². The molecule has 1 aromatic heterocycles. The molecular weight excluding hydrogens is 208 g/mol. The summed E-state index contributed by atoms with van der Waals surface area (Å²) in [6.45, 7) is 0. The second-order valence-electron chi connectivity index (χ2n) is 3.56. The molecule has 0 spiro atoms. The van der Waals surface area contributed by atoms with E-state index in [1.165, 1.54) is 0 Å². The first kappa shape index (κ1) is 8.81. The van der Waals surface area contributed by atoms with Crippen LogP contribution >= 0.6 is 11.6 Å². The molecule has 0 unspecified atom stereocenters. The van der Waals surface area contributed by atoms with Gasteiger partial charge >= 0.3 is 0 Å². The van der Waals surface area contributed by atoms with E-state index >= 15 is 0 Å². The molecule has 0 aliphatic rings. The average molecular weight is 217 g/mol. The number of furan rings is 1. The van der Waals surface area contributed by atoms with E-state index in [9.17, 15) is 0 Å². The zero-order valence-electron chi connectivity index (χ0n) is 8.03. The second kappa shape index (κ2) is 3.28. The second-order valence-corrected chi connectivity index (χ2v) is 3.83. The van der Waals surface area contributed by atoms with Gasteiger partial charge in [-0.1, -0.05) is 30.3 Å². The summed E-state index contributed by atoms with van der Waals surface area (Å²) in [6.07, 6.45) is 0. The van der Waals surface area contributed by atoms with Crippen molar-refractivity contribution in [2.45, 2.75) is 5.88 Å². The zero-order valence-corrected chi connectivity index (χ0v) is 8.79. The van der Waals surface area contributed by atoms with Crippen LogP contribution in [0.2, 0.25) is 0 Å². The maximum Gasteiger partial charge on any atom is 0.135 e. The predicted molar refractivity (Wildman–Crippen MR) is 63.3 cm³/mol. The van der Waals surface area contributed by atoms with E-state index in [0.717, 1.165) is 27.5 Å². The van der Waals surface area contributed by atoms with Crippen molar-refractivity contribution in [2.75, 3.05) is 0 Å². The number of rotatable bonds is 1. The molecule has 0 saturated heterocycles. The summed E-state index contributed by atoms with van der Waals surface area (Å²) in [5, 5.41) is 2.31. The molecule has 3 rings (SSSR count). The summed E-state index contributed by atoms with van der Waals surface area (Å²) in [4.78, 5) is 0. The third kappa shape index (κ3) is 1.31. The average Bonchev–Trinajstić information content (AvgIpc) is 2.66. The molecule has 2 aromatic carbocycles. The molecule has 0 amide bonds. The fourth-order valence-corrected chi connectivity index (χ4v) is 2.02. The monoisotopic (exact) mass is 216 g/mol. The van der Waals surface area contributed by atoms with Gasteiger partial charge in [-0.2, -0.15) is 0 Å². The predicted octanol–water partition coefficient (Wildman–Crippen LogP) is 4.32. The molecule has 0 fully saturated rings. The van der Waals surface area contributed by atoms with Crippen LogP contribution < -0.4 is 0 Å². The Morgan fingerprint density at radius 2 is 1.73 bits per heavy atom. The first-order chi connectivity index (χ1) is 7.38. The van der Waals surface area contributed by atoms with Crippen molar-refractivity contribution in [3.05, 3.63) is 48.0 Å². The van der Waals surface area contributed by atoms with Gasteiger partial charge in [0.2, 0.25) is 0 Å². The smallest absolute Gasteiger partial charge is 0.135 e. The molecule has 3 aromatic rings. The summed E-state index contributed by atoms with van der Waals surface area (Å²) in [7, 11) is 0. The Morgan fingerprint density at radius 3 is 2.60 bits per heavy atom. The Hall–Kier alpha value is -1.47. The van der Waals surface area contributed by atoms with E-state index in [0.29, 0.717) is 5.88 Å². The van der Waals surface area contributed by atoms with Crippen molar-refractivity contribution in [1.29, 1.82) is 0 Å². The first-order valence-electron chi connectivity index (χ1n) is 4.84. The molecule has 1 heterocycles. The van der Waals surface area contributed by atoms with Crippen LogP contribution in [0.25, 0.3) is 21.9 Å². The van der Waals surface area contributed by atoms with E-state index in [2.05, 4.69) is 12.1 Å². The van der Waals surface area contributed by atoms with Crippen molar-refractivity contribution >= 4 is 33.5 Å². The van der Waals surface area contributed by atoms with Gasteiger partial charge in [0, 0.05) is 16.7 Å². The Morgan fingerprint density at radius 1 is 0.933 bits per heavy atom. The van der Waals surface area contributed by atoms with Gasteiger partial charge in [-0.25, -0.2) is 0 Å². The molecule has 0 bridgehead atoms. The lowest BCUT2D eigenvalue weighted by Gasteiger charge is -1.93. The molecule has 0 atom stereocenters. The van der Waals surface area contributed by atoms with Crippen molar-refractivity contribution in [1.82, 2.24) is 0 Å². The molecule has 15 heavy (non-hydrogen) atoms. The van der Waals surface area contributed by atoms with Gasteiger partial charge in [-0.15, -0.1) is 11.6 Å². The van der Waals surface area contributed by atoms with Crippen molar-refractivity contribution in [3.63, 3.8) is 0 Å². The number of alkyl halides is 1. The molecule has 1 nitrogen and oxygen atoms in total. The maximum absolute atomic E-state index is 5.78. The lowest BCUT2D eigenvalue weighted by atomic mass is 10.1. The third-order valence-corrected chi connectivity index (χ3v) is 2.91. The Balaban J connectivity index is 2.43. The number of fused-ring (bicyclic) bond motifs is 3. The van der Waals surface area contributed by atoms with Gasteiger partial charge in [0.1, 0.15) is 11.2 Å². The standard InChI is InChI=1S/C13H9ClO/c14-8-9-5-6-11-10-3-1-2-4-12(10)15-13(11)7-9/h1-7H,8H2. The highest BCUT2D eigenvalue weighted by Gasteiger charge is 2.05. The highest BCUT2D eigenvalue weighted by Crippen LogP contribution is 2.29. The number of para-hydroxylation sites is 1. The lowest BCUT2D eigenvalue weighted by Crippen LogP contribution is -1.74. The van der Waals surface area contributed by atoms with Gasteiger partial charge in [0.15, 0.2) is 0 Å². The molecule has 0 aliphatic heterocycles. The van der Waals surface area contributed by atoms with Crippen LogP contribution in [0, 0.1) is 0 Å². The van der Waals surface area contributed by atoms with Gasteiger partial charge in [0.05, 0.1) is 0 Å². The number of halogens is 1. The summed E-state index contributed by atoms with van der Waals surface area (Å²) >= 11 is 5.78. The Kier molecular flexibility index (Phi) is 1.93. The van der Waals surface area contributed by atoms with Crippen LogP contribution in [0.15, 0.2) is 46.9 Å². The fourth-order valence-electron chi connectivity index (χ4n) is 1.85. The molecule has 0 radical (unpaired) electrons. The van der Waals surface area contributed by atoms with Gasteiger partial charge < -0.3 is 4.42 Å². The maximum atomic E-state index is 5.78. The van der Waals surface area contributed by atoms with E-state index in [1.54, 1.807) is 0 Å². The van der Waals surface area contributed by atoms with Gasteiger partial charge in [-0.3, -0.25) is 0 Å². The van der Waals surface area contributed by atoms with E-state index in [4.69, 9.17) is 16.0 Å². The molecular formula is C13H9ClO. The first-order valence-corrected chi connectivity index (χ1v) is 5.38. The Labute approximate surface area is 92.3 Å². The van der Waals surface area contributed by atoms with Gasteiger partial charge in [-0.05, 0) is 17.7 Å². The summed E-state index contributed by atoms with van der Waals surface area (Å²) in [6, 6.07) is 14.2. The topological polar surface area (TPSA) is 13.1 Å². The quantitative estimate of drug-likeness (QED) is 0.552. The van der Waals surface area contributed by atoms with E-state index in [-0.39, 0.29) is 0 Å². The fraction of sp³-hybridized carbons (Fsp3) is 0.0769. The van der Waals surface area contributed by atoms with Crippen molar-refractivity contribution in [2.24, 2.45) is 0 Å². The van der Waals surface area contributed by atoms with Crippen LogP contribution in [0.1, 0.15) is 5.56 Å². The minimum Gasteiger partial charge on any atom is -0.456 e. The minimum atomic E-state index is 0.521. The SMILES string of the molecule is ClCc1ccc2c(c1)oc1ccccc12. The number of benzene rings is 2. The van der Waals surface area contributed by atoms with Crippen LogP contribution in [-0.2, 0) is 5.88 Å². The lowest BCUT2D eigenvalue weighted by molar-refractivity contribution is 0.668. The molecule has 0 saturated carbocycles. The highest BCUT2D eigenvalue weighted by molar-refractivity contribution is 6.17. The summed E-state index contributed by atoms with van der Waals surface area (Å²) in [5.41, 5.74) is 2.93. The summed E-state index contributed by atoms with van der Waals surface area (Å²) < 4.78 is 5.74. The highest BCUT2D eigenvalue weighted by atomic mass is 35.5. The molecule has 0 N–H and O–H groups in total. The Bertz CT molecular complexity index is 625. The zero-order chi connectivity index (χ0) is 10.3. The molecule has 74 valence electrons. The normalized spacial score (nSPS) is 11.3. The van der Waals surface area contributed by atoms with Crippen molar-refractivity contribution in [3.8, 4) is 0 Å². The van der Waals surface area contributed by atoms with Crippen LogP contribution in [0.3, 0.4) is 0 Å².